The molecule has 0 aromatic rings. The maximum Gasteiger partial charge on any atom is 0.217 e. The lowest BCUT2D eigenvalue weighted by Crippen LogP contribution is -2.54. The van der Waals surface area contributed by atoms with E-state index in [1.165, 1.54) is 115 Å². The number of nitrogens with zero attached hydrogens (tertiary/aromatic N) is 2. The number of rotatable bonds is 23. The van der Waals surface area contributed by atoms with Crippen LogP contribution in [0.5, 0.6) is 0 Å². The maximum atomic E-state index is 11.2. The molecule has 34 heavy (non-hydrogen) atoms. The molecule has 1 heterocycles. The molecule has 198 valence electrons. The zero-order valence-corrected chi connectivity index (χ0v) is 23.2. The fraction of sp³-hybridized carbons (Fsp3) is 0.867. The van der Waals surface area contributed by atoms with Crippen molar-refractivity contribution in [2.75, 3.05) is 32.7 Å². The van der Waals surface area contributed by atoms with Crippen molar-refractivity contribution in [2.45, 2.75) is 136 Å². The van der Waals surface area contributed by atoms with Crippen LogP contribution in [0.2, 0.25) is 0 Å². The van der Waals surface area contributed by atoms with Gasteiger partial charge in [0.25, 0.3) is 0 Å². The number of aliphatic imine (C=N–C) groups is 1. The molecule has 0 saturated carbocycles. The summed E-state index contributed by atoms with van der Waals surface area (Å²) in [5.74, 6) is 1.46. The smallest absolute Gasteiger partial charge is 0.217 e. The quantitative estimate of drug-likeness (QED) is 0.0906. The Balaban J connectivity index is 1.90. The third-order valence-electron chi connectivity index (χ3n) is 7.53. The summed E-state index contributed by atoms with van der Waals surface area (Å²) in [5, 5.41) is 2.97. The minimum atomic E-state index is 0.0729. The first kappa shape index (κ1) is 30.9. The summed E-state index contributed by atoms with van der Waals surface area (Å²) >= 11 is 0. The first-order chi connectivity index (χ1) is 16.6. The molecule has 1 N–H and O–H groups in total. The molecule has 0 fully saturated rings. The van der Waals surface area contributed by atoms with Crippen molar-refractivity contribution in [2.24, 2.45) is 4.99 Å². The minimum Gasteiger partial charge on any atom is -0.351 e. The molecular formula is C30H58N3O+. The van der Waals surface area contributed by atoms with Gasteiger partial charge in [0.05, 0.1) is 19.6 Å². The number of amidine groups is 1. The molecule has 1 aliphatic rings. The summed E-state index contributed by atoms with van der Waals surface area (Å²) in [6.07, 6.45) is 29.3. The maximum absolute atomic E-state index is 11.2. The van der Waals surface area contributed by atoms with Gasteiger partial charge >= 0.3 is 0 Å². The van der Waals surface area contributed by atoms with Crippen molar-refractivity contribution >= 4 is 11.7 Å². The summed E-state index contributed by atoms with van der Waals surface area (Å²) in [5.41, 5.74) is 0. The van der Waals surface area contributed by atoms with Gasteiger partial charge in [-0.1, -0.05) is 103 Å². The van der Waals surface area contributed by atoms with E-state index in [-0.39, 0.29) is 5.91 Å². The van der Waals surface area contributed by atoms with Crippen LogP contribution in [0.15, 0.2) is 17.1 Å². The van der Waals surface area contributed by atoms with Gasteiger partial charge in [-0.05, 0) is 32.6 Å². The van der Waals surface area contributed by atoms with E-state index in [0.717, 1.165) is 43.6 Å². The van der Waals surface area contributed by atoms with Crippen molar-refractivity contribution in [1.29, 1.82) is 0 Å². The van der Waals surface area contributed by atoms with Crippen LogP contribution in [0.3, 0.4) is 0 Å². The number of carbonyl (C=O) groups excluding carboxylic acids is 1. The Labute approximate surface area is 212 Å². The van der Waals surface area contributed by atoms with E-state index in [2.05, 4.69) is 31.3 Å². The van der Waals surface area contributed by atoms with Gasteiger partial charge in [0.15, 0.2) is 5.84 Å². The number of amides is 1. The van der Waals surface area contributed by atoms with Gasteiger partial charge in [0, 0.05) is 13.3 Å². The number of quaternary nitrogens is 1. The van der Waals surface area contributed by atoms with Gasteiger partial charge in [-0.3, -0.25) is 9.28 Å². The fourth-order valence-corrected chi connectivity index (χ4v) is 5.22. The van der Waals surface area contributed by atoms with Crippen molar-refractivity contribution < 1.29 is 9.28 Å². The van der Waals surface area contributed by atoms with Gasteiger partial charge < -0.3 is 5.32 Å². The van der Waals surface area contributed by atoms with Crippen LogP contribution < -0.4 is 5.32 Å². The first-order valence-corrected chi connectivity index (χ1v) is 14.9. The van der Waals surface area contributed by atoms with Crippen LogP contribution in [0.4, 0.5) is 0 Å². The Morgan fingerprint density at radius 3 is 1.88 bits per heavy atom. The molecule has 1 amide bonds. The highest BCUT2D eigenvalue weighted by molar-refractivity contribution is 5.77. The van der Waals surface area contributed by atoms with Crippen LogP contribution in [0.1, 0.15) is 136 Å². The van der Waals surface area contributed by atoms with E-state index in [1.54, 1.807) is 6.92 Å². The average Bonchev–Trinajstić information content (AvgIpc) is 3.23. The van der Waals surface area contributed by atoms with E-state index >= 15 is 0 Å². The van der Waals surface area contributed by atoms with E-state index in [1.807, 2.05) is 0 Å². The lowest BCUT2D eigenvalue weighted by molar-refractivity contribution is -0.833. The summed E-state index contributed by atoms with van der Waals surface area (Å²) in [6.45, 7) is 11.0. The van der Waals surface area contributed by atoms with E-state index in [9.17, 15) is 4.79 Å². The number of hydrogen-bond donors (Lipinski definition) is 1. The predicted molar refractivity (Wildman–Crippen MR) is 149 cm³/mol. The molecule has 1 unspecified atom stereocenters. The molecule has 0 aromatic heterocycles. The third-order valence-corrected chi connectivity index (χ3v) is 7.53. The predicted octanol–water partition coefficient (Wildman–Crippen LogP) is 7.97. The number of nitrogens with one attached hydrogen (secondary N) is 1. The van der Waals surface area contributed by atoms with Gasteiger partial charge in [-0.25, -0.2) is 4.99 Å². The Morgan fingerprint density at radius 1 is 0.824 bits per heavy atom. The Kier molecular flexibility index (Phi) is 19.2. The van der Waals surface area contributed by atoms with Gasteiger partial charge in [0.2, 0.25) is 5.91 Å². The van der Waals surface area contributed by atoms with Crippen LogP contribution in [-0.4, -0.2) is 48.9 Å². The highest BCUT2D eigenvalue weighted by Crippen LogP contribution is 2.20. The minimum absolute atomic E-state index is 0.0729. The lowest BCUT2D eigenvalue weighted by atomic mass is 10.0. The molecule has 0 spiro atoms. The van der Waals surface area contributed by atoms with Crippen molar-refractivity contribution in [3.8, 4) is 0 Å². The molecular weight excluding hydrogens is 418 g/mol. The van der Waals surface area contributed by atoms with Crippen LogP contribution in [-0.2, 0) is 4.79 Å². The molecule has 1 rings (SSSR count). The Bertz CT molecular complexity index is 557. The van der Waals surface area contributed by atoms with Crippen LogP contribution in [0.25, 0.3) is 0 Å². The highest BCUT2D eigenvalue weighted by Gasteiger charge is 2.35. The van der Waals surface area contributed by atoms with Crippen LogP contribution in [0, 0.1) is 0 Å². The molecule has 1 aliphatic heterocycles. The zero-order chi connectivity index (χ0) is 24.7. The summed E-state index contributed by atoms with van der Waals surface area (Å²) < 4.78 is 0.997. The molecule has 0 saturated heterocycles. The molecule has 0 radical (unpaired) electrons. The highest BCUT2D eigenvalue weighted by atomic mass is 16.1. The second-order valence-electron chi connectivity index (χ2n) is 10.4. The molecule has 1 atom stereocenters. The topological polar surface area (TPSA) is 41.5 Å². The van der Waals surface area contributed by atoms with Gasteiger partial charge in [0.1, 0.15) is 13.1 Å². The largest absolute Gasteiger partial charge is 0.351 e. The van der Waals surface area contributed by atoms with Crippen molar-refractivity contribution in [3.63, 3.8) is 0 Å². The number of allylic oxidation sites excluding steroid dienone is 2. The second-order valence-corrected chi connectivity index (χ2v) is 10.4. The molecule has 0 bridgehead atoms. The number of unbranched alkanes of at least 4 members (excludes halogenated alkanes) is 15. The average molecular weight is 477 g/mol. The van der Waals surface area contributed by atoms with Gasteiger partial charge in [-0.15, -0.1) is 0 Å². The summed E-state index contributed by atoms with van der Waals surface area (Å²) in [6, 6.07) is 0. The number of likely N-dealkylation sites (N-methyl/N-ethyl adjacent to an activating group) is 1. The number of carbonyl (C=O) groups is 1. The fourth-order valence-electron chi connectivity index (χ4n) is 5.22. The molecule has 0 aliphatic carbocycles. The number of hydrogen-bond acceptors (Lipinski definition) is 2. The third kappa shape index (κ3) is 15.0. The van der Waals surface area contributed by atoms with E-state index in [4.69, 9.17) is 4.99 Å². The molecule has 4 heteroatoms. The standard InChI is InChI=1S/C30H57N3O/c1-4-6-7-8-9-10-11-12-13-14-15-16-17-18-19-20-21-22-23-24-30-32-26-28-33(30,5-2)27-25-31-29(3)34/h7-8H,4-6,9-28H2,1-3H3/p+1/b8-7+. The van der Waals surface area contributed by atoms with Crippen molar-refractivity contribution in [3.05, 3.63) is 12.2 Å². The monoisotopic (exact) mass is 476 g/mol. The molecule has 0 aromatic carbocycles. The Hall–Kier alpha value is -1.16. The SMILES string of the molecule is CCC/C=C/CCCCCCCCCCCCCCCCC1=NCC[N+]1(CC)CCNC(C)=O. The lowest BCUT2D eigenvalue weighted by Gasteiger charge is -2.33. The Morgan fingerprint density at radius 2 is 1.35 bits per heavy atom. The van der Waals surface area contributed by atoms with Crippen molar-refractivity contribution in [1.82, 2.24) is 5.32 Å². The van der Waals surface area contributed by atoms with E-state index < -0.39 is 0 Å². The summed E-state index contributed by atoms with van der Waals surface area (Å²) in [4.78, 5) is 16.1. The van der Waals surface area contributed by atoms with E-state index in [0.29, 0.717) is 0 Å². The normalized spacial score (nSPS) is 18.0. The van der Waals surface area contributed by atoms with Gasteiger partial charge in [-0.2, -0.15) is 0 Å². The first-order valence-electron chi connectivity index (χ1n) is 14.9. The zero-order valence-electron chi connectivity index (χ0n) is 23.2. The molecule has 4 nitrogen and oxygen atoms in total. The summed E-state index contributed by atoms with van der Waals surface area (Å²) in [7, 11) is 0. The van der Waals surface area contributed by atoms with Crippen LogP contribution >= 0.6 is 0 Å². The second kappa shape index (κ2) is 21.1.